The highest BCUT2D eigenvalue weighted by Gasteiger charge is 2.30. The van der Waals surface area contributed by atoms with Crippen molar-refractivity contribution >= 4 is 21.7 Å². The van der Waals surface area contributed by atoms with Gasteiger partial charge in [-0.05, 0) is 48.9 Å². The van der Waals surface area contributed by atoms with Crippen LogP contribution in [0.2, 0.25) is 0 Å². The van der Waals surface area contributed by atoms with Gasteiger partial charge in [-0.2, -0.15) is 4.31 Å². The highest BCUT2D eigenvalue weighted by molar-refractivity contribution is 7.89. The van der Waals surface area contributed by atoms with Gasteiger partial charge < -0.3 is 9.67 Å². The van der Waals surface area contributed by atoms with Gasteiger partial charge in [0.15, 0.2) is 0 Å². The Bertz CT molecular complexity index is 1330. The fourth-order valence-electron chi connectivity index (χ4n) is 4.49. The quantitative estimate of drug-likeness (QED) is 0.524. The molecule has 2 aromatic carbocycles. The van der Waals surface area contributed by atoms with E-state index in [0.29, 0.717) is 41.3 Å². The van der Waals surface area contributed by atoms with Crippen LogP contribution in [-0.2, 0) is 27.8 Å². The summed E-state index contributed by atoms with van der Waals surface area (Å²) >= 11 is 0. The molecule has 170 valence electrons. The van der Waals surface area contributed by atoms with Gasteiger partial charge in [-0.1, -0.05) is 48.5 Å². The van der Waals surface area contributed by atoms with E-state index in [-0.39, 0.29) is 17.9 Å². The van der Waals surface area contributed by atoms with Crippen LogP contribution < -0.4 is 0 Å². The van der Waals surface area contributed by atoms with Crippen LogP contribution in [0.1, 0.15) is 29.7 Å². The monoisotopic (exact) mass is 463 g/mol. The maximum atomic E-state index is 13.3. The Balaban J connectivity index is 1.86. The van der Waals surface area contributed by atoms with E-state index >= 15 is 0 Å². The summed E-state index contributed by atoms with van der Waals surface area (Å²) in [5.41, 5.74) is 3.54. The van der Waals surface area contributed by atoms with Crippen molar-refractivity contribution in [1.82, 2.24) is 8.87 Å². The Kier molecular flexibility index (Phi) is 6.36. The molecule has 0 amide bonds. The number of carboxylic acids is 1. The van der Waals surface area contributed by atoms with E-state index in [1.165, 1.54) is 4.31 Å². The summed E-state index contributed by atoms with van der Waals surface area (Å²) in [6.45, 7) is 10.4. The van der Waals surface area contributed by atoms with Crippen molar-refractivity contribution in [3.8, 4) is 11.3 Å². The summed E-state index contributed by atoms with van der Waals surface area (Å²) in [7, 11) is -3.64. The SMILES string of the molecule is [C-]#[N+]c1c(Cc2ccccc2S(=O)(=O)N2CCCC2)c(C)n(CC(=O)O)c1-c1ccccc1. The predicted molar refractivity (Wildman–Crippen MR) is 126 cm³/mol. The molecule has 1 aromatic heterocycles. The van der Waals surface area contributed by atoms with Gasteiger partial charge >= 0.3 is 5.97 Å². The van der Waals surface area contributed by atoms with Gasteiger partial charge in [-0.3, -0.25) is 4.79 Å². The lowest BCUT2D eigenvalue weighted by atomic mass is 10.0. The lowest BCUT2D eigenvalue weighted by Gasteiger charge is -2.18. The van der Waals surface area contributed by atoms with E-state index in [4.69, 9.17) is 6.57 Å². The fraction of sp³-hybridized carbons (Fsp3) is 0.280. The number of nitrogens with zero attached hydrogens (tertiary/aromatic N) is 3. The molecule has 4 rings (SSSR count). The summed E-state index contributed by atoms with van der Waals surface area (Å²) in [5, 5.41) is 9.51. The summed E-state index contributed by atoms with van der Waals surface area (Å²) < 4.78 is 29.8. The Morgan fingerprint density at radius 1 is 1.06 bits per heavy atom. The second-order valence-corrected chi connectivity index (χ2v) is 10.0. The van der Waals surface area contributed by atoms with Crippen LogP contribution in [0.15, 0.2) is 59.5 Å². The molecule has 0 unspecified atom stereocenters. The number of benzene rings is 2. The highest BCUT2D eigenvalue weighted by atomic mass is 32.2. The van der Waals surface area contributed by atoms with Crippen molar-refractivity contribution in [1.29, 1.82) is 0 Å². The lowest BCUT2D eigenvalue weighted by molar-refractivity contribution is -0.137. The van der Waals surface area contributed by atoms with Crippen LogP contribution in [0.3, 0.4) is 0 Å². The number of sulfonamides is 1. The molecule has 7 nitrogen and oxygen atoms in total. The molecule has 8 heteroatoms. The average Bonchev–Trinajstić information content (AvgIpc) is 3.43. The maximum absolute atomic E-state index is 13.3. The molecule has 0 aliphatic carbocycles. The predicted octanol–water partition coefficient (Wildman–Crippen LogP) is 4.47. The molecule has 0 saturated carbocycles. The van der Waals surface area contributed by atoms with E-state index < -0.39 is 16.0 Å². The van der Waals surface area contributed by atoms with Gasteiger partial charge in [0.1, 0.15) is 6.54 Å². The molecule has 2 heterocycles. The number of rotatable bonds is 7. The first-order valence-corrected chi connectivity index (χ1v) is 12.2. The second-order valence-electron chi connectivity index (χ2n) is 8.11. The third-order valence-electron chi connectivity index (χ3n) is 6.10. The molecule has 3 aromatic rings. The Labute approximate surface area is 193 Å². The summed E-state index contributed by atoms with van der Waals surface area (Å²) in [5.74, 6) is -1.01. The van der Waals surface area contributed by atoms with Crippen LogP contribution in [0.25, 0.3) is 16.1 Å². The van der Waals surface area contributed by atoms with Crippen LogP contribution in [0.5, 0.6) is 0 Å². The van der Waals surface area contributed by atoms with Crippen molar-refractivity contribution in [2.75, 3.05) is 13.1 Å². The zero-order valence-electron chi connectivity index (χ0n) is 18.4. The van der Waals surface area contributed by atoms with Crippen molar-refractivity contribution in [2.45, 2.75) is 37.6 Å². The number of aliphatic carboxylic acids is 1. The average molecular weight is 464 g/mol. The van der Waals surface area contributed by atoms with Gasteiger partial charge in [0, 0.05) is 18.8 Å². The minimum atomic E-state index is -3.64. The molecule has 1 aliphatic rings. The van der Waals surface area contributed by atoms with Crippen LogP contribution in [0.4, 0.5) is 5.69 Å². The summed E-state index contributed by atoms with van der Waals surface area (Å²) in [4.78, 5) is 15.6. The standard InChI is InChI=1S/C25H25N3O4S/c1-18-21(16-20-12-6-7-13-22(20)33(31,32)27-14-8-9-15-27)24(26-2)25(28(18)17-23(29)30)19-10-4-3-5-11-19/h3-7,10-13H,8-9,14-17H2,1H3,(H,29,30). The van der Waals surface area contributed by atoms with E-state index in [9.17, 15) is 18.3 Å². The first kappa shape index (κ1) is 22.8. The molecular weight excluding hydrogens is 438 g/mol. The molecule has 0 radical (unpaired) electrons. The van der Waals surface area contributed by atoms with Crippen LogP contribution >= 0.6 is 0 Å². The number of carbonyl (C=O) groups is 1. The molecule has 0 bridgehead atoms. The first-order valence-electron chi connectivity index (χ1n) is 10.8. The molecule has 1 N–H and O–H groups in total. The van der Waals surface area contributed by atoms with Gasteiger partial charge in [0.25, 0.3) is 0 Å². The third-order valence-corrected chi connectivity index (χ3v) is 8.10. The number of aromatic nitrogens is 1. The van der Waals surface area contributed by atoms with Crippen molar-refractivity contribution in [3.63, 3.8) is 0 Å². The van der Waals surface area contributed by atoms with Crippen molar-refractivity contribution in [2.24, 2.45) is 0 Å². The van der Waals surface area contributed by atoms with Gasteiger partial charge in [-0.25, -0.2) is 13.3 Å². The smallest absolute Gasteiger partial charge is 0.323 e. The first-order chi connectivity index (χ1) is 15.8. The molecular formula is C25H25N3O4S. The minimum Gasteiger partial charge on any atom is -0.480 e. The lowest BCUT2D eigenvalue weighted by Crippen LogP contribution is -2.28. The van der Waals surface area contributed by atoms with Crippen LogP contribution in [-0.4, -0.2) is 41.5 Å². The molecule has 0 atom stereocenters. The number of hydrogen-bond acceptors (Lipinski definition) is 3. The number of hydrogen-bond donors (Lipinski definition) is 1. The minimum absolute atomic E-state index is 0.221. The van der Waals surface area contributed by atoms with E-state index in [1.807, 2.05) is 30.3 Å². The van der Waals surface area contributed by atoms with E-state index in [1.54, 1.807) is 35.8 Å². The van der Waals surface area contributed by atoms with Crippen molar-refractivity contribution in [3.05, 3.63) is 82.8 Å². The summed E-state index contributed by atoms with van der Waals surface area (Å²) in [6.07, 6.45) is 1.92. The Morgan fingerprint density at radius 2 is 1.70 bits per heavy atom. The summed E-state index contributed by atoms with van der Waals surface area (Å²) in [6, 6.07) is 16.1. The largest absolute Gasteiger partial charge is 0.480 e. The number of carboxylic acid groups (broad SMARTS) is 1. The normalized spacial score (nSPS) is 14.3. The topological polar surface area (TPSA) is 84.0 Å². The highest BCUT2D eigenvalue weighted by Crippen LogP contribution is 2.40. The molecule has 0 spiro atoms. The van der Waals surface area contributed by atoms with Crippen molar-refractivity contribution < 1.29 is 18.3 Å². The third kappa shape index (κ3) is 4.30. The second kappa shape index (κ2) is 9.22. The maximum Gasteiger partial charge on any atom is 0.323 e. The fourth-order valence-corrected chi connectivity index (χ4v) is 6.22. The molecule has 1 aliphatic heterocycles. The van der Waals surface area contributed by atoms with Crippen LogP contribution in [0, 0.1) is 13.5 Å². The molecule has 1 saturated heterocycles. The van der Waals surface area contributed by atoms with Gasteiger partial charge in [0.2, 0.25) is 15.7 Å². The van der Waals surface area contributed by atoms with E-state index in [0.717, 1.165) is 18.4 Å². The zero-order chi connectivity index (χ0) is 23.6. The Hall–Kier alpha value is -3.41. The Morgan fingerprint density at radius 3 is 2.33 bits per heavy atom. The van der Waals surface area contributed by atoms with Gasteiger partial charge in [0.05, 0.1) is 17.2 Å². The zero-order valence-corrected chi connectivity index (χ0v) is 19.2. The molecule has 33 heavy (non-hydrogen) atoms. The van der Waals surface area contributed by atoms with E-state index in [2.05, 4.69) is 4.85 Å². The van der Waals surface area contributed by atoms with Gasteiger partial charge in [-0.15, -0.1) is 0 Å². The molecule has 1 fully saturated rings.